The maximum atomic E-state index is 13.3. The number of fused-ring (bicyclic) bond motifs is 1. The number of benzene rings is 1. The van der Waals surface area contributed by atoms with Gasteiger partial charge >= 0.3 is 11.7 Å². The van der Waals surface area contributed by atoms with Crippen molar-refractivity contribution in [3.63, 3.8) is 0 Å². The second-order valence-electron chi connectivity index (χ2n) is 7.00. The van der Waals surface area contributed by atoms with Crippen LogP contribution >= 0.6 is 15.9 Å². The van der Waals surface area contributed by atoms with E-state index in [1.807, 2.05) is 19.1 Å². The van der Waals surface area contributed by atoms with Crippen molar-refractivity contribution >= 4 is 48.8 Å². The van der Waals surface area contributed by atoms with Gasteiger partial charge in [0.05, 0.1) is 12.3 Å². The topological polar surface area (TPSA) is 133 Å². The largest absolute Gasteiger partial charge is 0.382 e. The van der Waals surface area contributed by atoms with Gasteiger partial charge in [-0.3, -0.25) is 4.57 Å². The molecule has 0 bridgehead atoms. The zero-order chi connectivity index (χ0) is 22.9. The first-order valence-electron chi connectivity index (χ1n) is 9.62. The molecule has 3 rings (SSSR count). The molecular weight excluding hydrogens is 488 g/mol. The molecule has 0 aliphatic carbocycles. The molecule has 10 nitrogen and oxygen atoms in total. The molecule has 0 aliphatic heterocycles. The molecule has 0 spiro atoms. The third-order valence-electron chi connectivity index (χ3n) is 4.76. The number of anilines is 1. The van der Waals surface area contributed by atoms with Crippen LogP contribution < -0.4 is 11.4 Å². The van der Waals surface area contributed by atoms with Crippen molar-refractivity contribution in [2.75, 3.05) is 25.1 Å². The number of nitrogen functional groups attached to an aromatic ring is 1. The molecule has 0 radical (unpaired) electrons. The van der Waals surface area contributed by atoms with Gasteiger partial charge < -0.3 is 10.6 Å². The van der Waals surface area contributed by atoms with Gasteiger partial charge in [0.25, 0.3) is 5.16 Å². The quantitative estimate of drug-likeness (QED) is 0.501. The first-order valence-corrected chi connectivity index (χ1v) is 12.1. The van der Waals surface area contributed by atoms with Crippen LogP contribution in [0.4, 0.5) is 10.6 Å². The summed E-state index contributed by atoms with van der Waals surface area (Å²) in [6, 6.07) is 6.65. The minimum atomic E-state index is -3.78. The van der Waals surface area contributed by atoms with Gasteiger partial charge in [0, 0.05) is 18.1 Å². The van der Waals surface area contributed by atoms with Crippen LogP contribution in [0.25, 0.3) is 11.2 Å². The van der Waals surface area contributed by atoms with Crippen molar-refractivity contribution in [3.05, 3.63) is 44.8 Å². The summed E-state index contributed by atoms with van der Waals surface area (Å²) in [5.74, 6) is -0.477. The van der Waals surface area contributed by atoms with Crippen LogP contribution in [0.5, 0.6) is 0 Å². The van der Waals surface area contributed by atoms with E-state index >= 15 is 0 Å². The molecule has 2 aromatic heterocycles. The maximum Gasteiger partial charge on any atom is 0.339 e. The minimum absolute atomic E-state index is 0.00862. The Morgan fingerprint density at radius 1 is 1.19 bits per heavy atom. The fourth-order valence-electron chi connectivity index (χ4n) is 3.11. The standard InChI is InChI=1S/C19H23BrN6O4S/c1-4-10-24(3)18(27)26-14-15(21)22-17(31(29,30)5-2)23-16(14)25(19(26)28)11-12-6-8-13(20)9-7-12/h6-9H,4-5,10-11H2,1-3H3,(H2,21,22,23). The second kappa shape index (κ2) is 8.79. The van der Waals surface area contributed by atoms with E-state index in [0.29, 0.717) is 13.0 Å². The minimum Gasteiger partial charge on any atom is -0.382 e. The molecule has 1 aromatic carbocycles. The molecular formula is C19H23BrN6O4S. The lowest BCUT2D eigenvalue weighted by Crippen LogP contribution is -2.38. The van der Waals surface area contributed by atoms with Crippen molar-refractivity contribution in [1.29, 1.82) is 0 Å². The van der Waals surface area contributed by atoms with Gasteiger partial charge in [-0.05, 0) is 24.1 Å². The molecule has 12 heteroatoms. The van der Waals surface area contributed by atoms with Crippen LogP contribution in [0.1, 0.15) is 25.8 Å². The van der Waals surface area contributed by atoms with E-state index in [2.05, 4.69) is 25.9 Å². The van der Waals surface area contributed by atoms with Gasteiger partial charge in [-0.2, -0.15) is 9.97 Å². The van der Waals surface area contributed by atoms with E-state index in [9.17, 15) is 18.0 Å². The predicted octanol–water partition coefficient (Wildman–Crippen LogP) is 2.09. The molecule has 166 valence electrons. The molecule has 2 N–H and O–H groups in total. The number of rotatable bonds is 6. The van der Waals surface area contributed by atoms with E-state index < -0.39 is 26.7 Å². The average molecular weight is 511 g/mol. The average Bonchev–Trinajstić information content (AvgIpc) is 3.01. The first kappa shape index (κ1) is 22.9. The van der Waals surface area contributed by atoms with Crippen LogP contribution in [0, 0.1) is 0 Å². The number of hydrogen-bond acceptors (Lipinski definition) is 7. The van der Waals surface area contributed by atoms with Crippen LogP contribution in [-0.2, 0) is 16.4 Å². The molecule has 0 saturated carbocycles. The molecule has 0 saturated heterocycles. The Morgan fingerprint density at radius 2 is 1.84 bits per heavy atom. The van der Waals surface area contributed by atoms with E-state index in [1.165, 1.54) is 16.4 Å². The predicted molar refractivity (Wildman–Crippen MR) is 121 cm³/mol. The van der Waals surface area contributed by atoms with Crippen LogP contribution in [0.3, 0.4) is 0 Å². The van der Waals surface area contributed by atoms with Crippen molar-refractivity contribution < 1.29 is 13.2 Å². The van der Waals surface area contributed by atoms with Crippen LogP contribution in [-0.4, -0.2) is 57.8 Å². The number of halogens is 1. The molecule has 0 unspecified atom stereocenters. The van der Waals surface area contributed by atoms with Gasteiger partial charge in [-0.15, -0.1) is 0 Å². The van der Waals surface area contributed by atoms with E-state index in [-0.39, 0.29) is 29.3 Å². The van der Waals surface area contributed by atoms with Crippen molar-refractivity contribution in [2.24, 2.45) is 0 Å². The number of sulfone groups is 1. The summed E-state index contributed by atoms with van der Waals surface area (Å²) in [6.45, 7) is 3.86. The molecule has 3 aromatic rings. The summed E-state index contributed by atoms with van der Waals surface area (Å²) >= 11 is 3.36. The highest BCUT2D eigenvalue weighted by Crippen LogP contribution is 2.21. The highest BCUT2D eigenvalue weighted by atomic mass is 79.9. The van der Waals surface area contributed by atoms with Gasteiger partial charge in [0.2, 0.25) is 9.84 Å². The number of nitrogens with two attached hydrogens (primary N) is 1. The van der Waals surface area contributed by atoms with Crippen LogP contribution in [0.2, 0.25) is 0 Å². The third-order valence-corrected chi connectivity index (χ3v) is 6.79. The fraction of sp³-hybridized carbons (Fsp3) is 0.368. The van der Waals surface area contributed by atoms with E-state index in [1.54, 1.807) is 19.2 Å². The van der Waals surface area contributed by atoms with Gasteiger partial charge in [-0.25, -0.2) is 22.6 Å². The summed E-state index contributed by atoms with van der Waals surface area (Å²) in [7, 11) is -2.21. The molecule has 0 atom stereocenters. The van der Waals surface area contributed by atoms with Crippen molar-refractivity contribution in [1.82, 2.24) is 24.0 Å². The molecule has 31 heavy (non-hydrogen) atoms. The Morgan fingerprint density at radius 3 is 2.42 bits per heavy atom. The van der Waals surface area contributed by atoms with Crippen molar-refractivity contribution in [3.8, 4) is 0 Å². The number of aromatic nitrogens is 4. The summed E-state index contributed by atoms with van der Waals surface area (Å²) in [6.07, 6.45) is 0.694. The molecule has 1 amide bonds. The maximum absolute atomic E-state index is 13.3. The monoisotopic (exact) mass is 510 g/mol. The number of nitrogens with zero attached hydrogens (tertiary/aromatic N) is 5. The smallest absolute Gasteiger partial charge is 0.339 e. The Hall–Kier alpha value is -2.73. The Balaban J connectivity index is 2.32. The molecule has 0 fully saturated rings. The molecule has 2 heterocycles. The number of carbonyl (C=O) groups excluding carboxylic acids is 1. The van der Waals surface area contributed by atoms with E-state index in [0.717, 1.165) is 14.6 Å². The SMILES string of the molecule is CCCN(C)C(=O)n1c(=O)n(Cc2ccc(Br)cc2)c2nc(S(=O)(=O)CC)nc(N)c21. The Labute approximate surface area is 187 Å². The third kappa shape index (κ3) is 4.35. The highest BCUT2D eigenvalue weighted by Gasteiger charge is 2.27. The van der Waals surface area contributed by atoms with Crippen molar-refractivity contribution in [2.45, 2.75) is 32.0 Å². The normalized spacial score (nSPS) is 11.7. The van der Waals surface area contributed by atoms with Gasteiger partial charge in [0.1, 0.15) is 5.52 Å². The van der Waals surface area contributed by atoms with Gasteiger partial charge in [0.15, 0.2) is 11.5 Å². The van der Waals surface area contributed by atoms with E-state index in [4.69, 9.17) is 5.73 Å². The number of amides is 1. The Bertz CT molecular complexity index is 1300. The lowest BCUT2D eigenvalue weighted by atomic mass is 10.2. The zero-order valence-corrected chi connectivity index (χ0v) is 19.8. The summed E-state index contributed by atoms with van der Waals surface area (Å²) in [4.78, 5) is 35.7. The summed E-state index contributed by atoms with van der Waals surface area (Å²) in [5.41, 5.74) is 6.12. The summed E-state index contributed by atoms with van der Waals surface area (Å²) in [5, 5.41) is -0.476. The second-order valence-corrected chi connectivity index (χ2v) is 10.1. The number of hydrogen-bond donors (Lipinski definition) is 1. The highest BCUT2D eigenvalue weighted by molar-refractivity contribution is 9.10. The molecule has 0 aliphatic rings. The first-order chi connectivity index (χ1) is 14.6. The fourth-order valence-corrected chi connectivity index (χ4v) is 4.10. The van der Waals surface area contributed by atoms with Gasteiger partial charge in [-0.1, -0.05) is 41.9 Å². The number of carbonyl (C=O) groups is 1. The lowest BCUT2D eigenvalue weighted by molar-refractivity contribution is 0.210. The Kier molecular flexibility index (Phi) is 6.51. The number of imidazole rings is 1. The summed E-state index contributed by atoms with van der Waals surface area (Å²) < 4.78 is 27.7. The lowest BCUT2D eigenvalue weighted by Gasteiger charge is -2.16. The van der Waals surface area contributed by atoms with Crippen LogP contribution in [0.15, 0.2) is 38.7 Å². The zero-order valence-electron chi connectivity index (χ0n) is 17.4.